The molecule has 0 aromatic heterocycles. The second-order valence-corrected chi connectivity index (χ2v) is 7.96. The Morgan fingerprint density at radius 2 is 1.84 bits per heavy atom. The van der Waals surface area contributed by atoms with Gasteiger partial charge in [0.05, 0.1) is 22.6 Å². The number of esters is 1. The Bertz CT molecular complexity index is 909. The van der Waals surface area contributed by atoms with Crippen LogP contribution in [-0.2, 0) is 14.8 Å². The summed E-state index contributed by atoms with van der Waals surface area (Å²) < 4.78 is 32.6. The molecule has 0 amide bonds. The summed E-state index contributed by atoms with van der Waals surface area (Å²) >= 11 is 5.94. The van der Waals surface area contributed by atoms with E-state index >= 15 is 0 Å². The highest BCUT2D eigenvalue weighted by Gasteiger charge is 2.22. The molecule has 2 aromatic rings. The number of sulfonamides is 1. The average Bonchev–Trinajstić information content (AvgIpc) is 2.56. The number of halogens is 1. The molecule has 1 N–H and O–H groups in total. The molecule has 134 valence electrons. The summed E-state index contributed by atoms with van der Waals surface area (Å²) in [6, 6.07) is 9.38. The minimum absolute atomic E-state index is 0.00595. The van der Waals surface area contributed by atoms with Crippen LogP contribution in [0.3, 0.4) is 0 Å². The van der Waals surface area contributed by atoms with E-state index in [1.807, 2.05) is 32.0 Å². The van der Waals surface area contributed by atoms with E-state index in [2.05, 4.69) is 9.46 Å². The molecule has 0 saturated heterocycles. The van der Waals surface area contributed by atoms with E-state index in [1.54, 1.807) is 6.92 Å². The zero-order chi connectivity index (χ0) is 18.8. The van der Waals surface area contributed by atoms with Crippen molar-refractivity contribution in [2.45, 2.75) is 31.7 Å². The first-order valence-corrected chi connectivity index (χ1v) is 9.49. The molecule has 0 bridgehead atoms. The van der Waals surface area contributed by atoms with Gasteiger partial charge in [-0.05, 0) is 50.1 Å². The maximum atomic E-state index is 12.7. The molecule has 1 atom stereocenters. The van der Waals surface area contributed by atoms with E-state index in [-0.39, 0.29) is 15.5 Å². The summed E-state index contributed by atoms with van der Waals surface area (Å²) in [4.78, 5) is 11.7. The number of nitrogens with one attached hydrogen (secondary N) is 1. The van der Waals surface area contributed by atoms with Gasteiger partial charge in [-0.1, -0.05) is 35.4 Å². The highest BCUT2D eigenvalue weighted by molar-refractivity contribution is 7.89. The third-order valence-corrected chi connectivity index (χ3v) is 5.75. The largest absolute Gasteiger partial charge is 0.465 e. The minimum Gasteiger partial charge on any atom is -0.465 e. The summed E-state index contributed by atoms with van der Waals surface area (Å²) in [5.41, 5.74) is 2.94. The number of benzene rings is 2. The van der Waals surface area contributed by atoms with Crippen LogP contribution in [0.1, 0.15) is 40.0 Å². The molecule has 2 aromatic carbocycles. The van der Waals surface area contributed by atoms with Crippen LogP contribution < -0.4 is 4.72 Å². The Labute approximate surface area is 153 Å². The van der Waals surface area contributed by atoms with Crippen molar-refractivity contribution in [3.63, 3.8) is 0 Å². The normalized spacial score (nSPS) is 12.7. The van der Waals surface area contributed by atoms with Crippen molar-refractivity contribution >= 4 is 27.6 Å². The van der Waals surface area contributed by atoms with Gasteiger partial charge in [-0.3, -0.25) is 0 Å². The van der Waals surface area contributed by atoms with Crippen LogP contribution in [0.2, 0.25) is 5.02 Å². The lowest BCUT2D eigenvalue weighted by molar-refractivity contribution is 0.0600. The van der Waals surface area contributed by atoms with Gasteiger partial charge in [0.2, 0.25) is 10.0 Å². The maximum absolute atomic E-state index is 12.7. The molecular formula is C18H20ClNO4S. The molecule has 5 nitrogen and oxygen atoms in total. The van der Waals surface area contributed by atoms with Crippen LogP contribution in [0.4, 0.5) is 0 Å². The van der Waals surface area contributed by atoms with Gasteiger partial charge in [-0.25, -0.2) is 17.9 Å². The highest BCUT2D eigenvalue weighted by atomic mass is 35.5. The smallest absolute Gasteiger partial charge is 0.339 e. The van der Waals surface area contributed by atoms with Crippen molar-refractivity contribution < 1.29 is 17.9 Å². The van der Waals surface area contributed by atoms with Gasteiger partial charge >= 0.3 is 5.97 Å². The van der Waals surface area contributed by atoms with Gasteiger partial charge in [0.15, 0.2) is 0 Å². The van der Waals surface area contributed by atoms with Crippen LogP contribution >= 0.6 is 11.6 Å². The van der Waals surface area contributed by atoms with Gasteiger partial charge in [-0.2, -0.15) is 0 Å². The van der Waals surface area contributed by atoms with Gasteiger partial charge < -0.3 is 4.74 Å². The lowest BCUT2D eigenvalue weighted by Gasteiger charge is -2.18. The molecule has 0 aliphatic heterocycles. The van der Waals surface area contributed by atoms with Crippen molar-refractivity contribution in [3.8, 4) is 0 Å². The lowest BCUT2D eigenvalue weighted by atomic mass is 10.0. The zero-order valence-corrected chi connectivity index (χ0v) is 16.0. The second kappa shape index (κ2) is 7.56. The van der Waals surface area contributed by atoms with Crippen LogP contribution in [0.15, 0.2) is 41.3 Å². The third kappa shape index (κ3) is 4.39. The molecule has 0 unspecified atom stereocenters. The van der Waals surface area contributed by atoms with E-state index in [1.165, 1.54) is 25.3 Å². The number of ether oxygens (including phenoxy) is 1. The SMILES string of the molecule is COC(=O)c1cc(S(=O)(=O)N[C@@H](C)c2cc(C)ccc2C)ccc1Cl. The Morgan fingerprint density at radius 3 is 2.48 bits per heavy atom. The number of rotatable bonds is 5. The fraction of sp³-hybridized carbons (Fsp3) is 0.278. The van der Waals surface area contributed by atoms with E-state index in [0.717, 1.165) is 16.7 Å². The van der Waals surface area contributed by atoms with Crippen LogP contribution in [-0.4, -0.2) is 21.5 Å². The Hall–Kier alpha value is -1.89. The first kappa shape index (κ1) is 19.4. The van der Waals surface area contributed by atoms with Crippen molar-refractivity contribution in [2.75, 3.05) is 7.11 Å². The first-order valence-electron chi connectivity index (χ1n) is 7.63. The summed E-state index contributed by atoms with van der Waals surface area (Å²) in [6.45, 7) is 5.65. The minimum atomic E-state index is -3.83. The van der Waals surface area contributed by atoms with Crippen LogP contribution in [0.5, 0.6) is 0 Å². The summed E-state index contributed by atoms with van der Waals surface area (Å²) in [5, 5.41) is 0.133. The molecule has 0 heterocycles. The Morgan fingerprint density at radius 1 is 1.16 bits per heavy atom. The van der Waals surface area contributed by atoms with Crippen LogP contribution in [0.25, 0.3) is 0 Å². The standard InChI is InChI=1S/C18H20ClNO4S/c1-11-5-6-12(2)15(9-11)13(3)20-25(22,23)14-7-8-17(19)16(10-14)18(21)24-4/h5-10,13,20H,1-4H3/t13-/m0/s1. The molecular weight excluding hydrogens is 362 g/mol. The van der Waals surface area contributed by atoms with Gasteiger partial charge in [0, 0.05) is 6.04 Å². The van der Waals surface area contributed by atoms with Crippen molar-refractivity contribution in [1.29, 1.82) is 0 Å². The summed E-state index contributed by atoms with van der Waals surface area (Å²) in [5.74, 6) is -0.690. The topological polar surface area (TPSA) is 72.5 Å². The predicted octanol–water partition coefficient (Wildman–Crippen LogP) is 3.78. The molecule has 7 heteroatoms. The van der Waals surface area contributed by atoms with Gasteiger partial charge in [0.25, 0.3) is 0 Å². The molecule has 25 heavy (non-hydrogen) atoms. The average molecular weight is 382 g/mol. The first-order chi connectivity index (χ1) is 11.7. The zero-order valence-electron chi connectivity index (χ0n) is 14.5. The molecule has 0 aliphatic carbocycles. The fourth-order valence-corrected chi connectivity index (χ4v) is 3.97. The van der Waals surface area contributed by atoms with Crippen molar-refractivity contribution in [1.82, 2.24) is 4.72 Å². The number of aryl methyl sites for hydroxylation is 2. The molecule has 0 spiro atoms. The van der Waals surface area contributed by atoms with E-state index in [0.29, 0.717) is 0 Å². The molecule has 0 saturated carbocycles. The summed E-state index contributed by atoms with van der Waals surface area (Å²) in [7, 11) is -2.63. The molecule has 2 rings (SSSR count). The van der Waals surface area contributed by atoms with Gasteiger partial charge in [-0.15, -0.1) is 0 Å². The summed E-state index contributed by atoms with van der Waals surface area (Å²) in [6.07, 6.45) is 0. The highest BCUT2D eigenvalue weighted by Crippen LogP contribution is 2.24. The number of carbonyl (C=O) groups excluding carboxylic acids is 1. The van der Waals surface area contributed by atoms with E-state index < -0.39 is 22.0 Å². The lowest BCUT2D eigenvalue weighted by Crippen LogP contribution is -2.27. The maximum Gasteiger partial charge on any atom is 0.339 e. The quantitative estimate of drug-likeness (QED) is 0.800. The number of methoxy groups -OCH3 is 1. The number of hydrogen-bond donors (Lipinski definition) is 1. The predicted molar refractivity (Wildman–Crippen MR) is 97.4 cm³/mol. The van der Waals surface area contributed by atoms with Crippen LogP contribution in [0, 0.1) is 13.8 Å². The van der Waals surface area contributed by atoms with E-state index in [9.17, 15) is 13.2 Å². The molecule has 0 fully saturated rings. The van der Waals surface area contributed by atoms with Crippen molar-refractivity contribution in [2.24, 2.45) is 0 Å². The number of hydrogen-bond acceptors (Lipinski definition) is 4. The van der Waals surface area contributed by atoms with E-state index in [4.69, 9.17) is 11.6 Å². The Kier molecular flexibility index (Phi) is 5.87. The van der Waals surface area contributed by atoms with Crippen molar-refractivity contribution in [3.05, 3.63) is 63.7 Å². The fourth-order valence-electron chi connectivity index (χ4n) is 2.53. The molecule has 0 radical (unpaired) electrons. The van der Waals surface area contributed by atoms with Gasteiger partial charge in [0.1, 0.15) is 0 Å². The molecule has 0 aliphatic rings. The third-order valence-electron chi connectivity index (χ3n) is 3.89. The Balaban J connectivity index is 2.36. The number of carbonyl (C=O) groups is 1. The monoisotopic (exact) mass is 381 g/mol. The second-order valence-electron chi connectivity index (χ2n) is 5.84.